The molecule has 0 amide bonds. The summed E-state index contributed by atoms with van der Waals surface area (Å²) in [6, 6.07) is 9.16. The first-order chi connectivity index (χ1) is 8.81. The predicted molar refractivity (Wildman–Crippen MR) is 74.3 cm³/mol. The van der Waals surface area contributed by atoms with Gasteiger partial charge in [-0.3, -0.25) is 5.43 Å². The van der Waals surface area contributed by atoms with Crippen molar-refractivity contribution in [1.29, 1.82) is 0 Å². The largest absolute Gasteiger partial charge is 0.304 e. The van der Waals surface area contributed by atoms with E-state index in [-0.39, 0.29) is 0 Å². The van der Waals surface area contributed by atoms with Gasteiger partial charge in [-0.25, -0.2) is 5.01 Å². The predicted octanol–water partition coefficient (Wildman–Crippen LogP) is 1.82. The van der Waals surface area contributed by atoms with Crippen LogP contribution in [0.15, 0.2) is 24.3 Å². The maximum Gasteiger partial charge on any atom is 0.0353 e. The Labute approximate surface area is 110 Å². The maximum atomic E-state index is 3.53. The lowest BCUT2D eigenvalue weighted by molar-refractivity contribution is 0.102. The Kier molecular flexibility index (Phi) is 3.64. The number of benzene rings is 1. The molecule has 1 saturated carbocycles. The van der Waals surface area contributed by atoms with E-state index in [0.29, 0.717) is 0 Å². The van der Waals surface area contributed by atoms with Crippen LogP contribution in [0.2, 0.25) is 0 Å². The molecule has 0 unspecified atom stereocenters. The second-order valence-corrected chi connectivity index (χ2v) is 5.64. The van der Waals surface area contributed by atoms with Gasteiger partial charge in [-0.1, -0.05) is 24.3 Å². The quantitative estimate of drug-likeness (QED) is 0.873. The molecule has 1 aliphatic heterocycles. The number of nitrogens with zero attached hydrogens (tertiary/aromatic N) is 2. The molecule has 0 bridgehead atoms. The number of piperazine rings is 1. The maximum absolute atomic E-state index is 3.53. The van der Waals surface area contributed by atoms with E-state index in [4.69, 9.17) is 0 Å². The van der Waals surface area contributed by atoms with Gasteiger partial charge in [-0.05, 0) is 36.9 Å². The van der Waals surface area contributed by atoms with E-state index < -0.39 is 0 Å². The van der Waals surface area contributed by atoms with Gasteiger partial charge in [-0.2, -0.15) is 0 Å². The van der Waals surface area contributed by atoms with Crippen molar-refractivity contribution in [2.45, 2.75) is 25.3 Å². The van der Waals surface area contributed by atoms with E-state index in [1.807, 2.05) is 0 Å². The smallest absolute Gasteiger partial charge is 0.0353 e. The third-order valence-corrected chi connectivity index (χ3v) is 4.04. The average Bonchev–Trinajstić information content (AvgIpc) is 3.23. The summed E-state index contributed by atoms with van der Waals surface area (Å²) in [4.78, 5) is 2.38. The molecule has 0 aromatic heterocycles. The fourth-order valence-corrected chi connectivity index (χ4v) is 2.49. The first-order valence-electron chi connectivity index (χ1n) is 7.07. The first kappa shape index (κ1) is 12.2. The molecule has 18 heavy (non-hydrogen) atoms. The molecule has 2 aliphatic rings. The average molecular weight is 245 g/mol. The van der Waals surface area contributed by atoms with Crippen molar-refractivity contribution in [2.24, 2.45) is 0 Å². The van der Waals surface area contributed by atoms with Gasteiger partial charge in [0.25, 0.3) is 0 Å². The Bertz CT molecular complexity index is 375. The molecular formula is C15H23N3. The fraction of sp³-hybridized carbons (Fsp3) is 0.600. The van der Waals surface area contributed by atoms with Crippen molar-refractivity contribution in [2.75, 3.05) is 33.2 Å². The van der Waals surface area contributed by atoms with Crippen LogP contribution >= 0.6 is 0 Å². The number of hydrazine groups is 1. The van der Waals surface area contributed by atoms with Gasteiger partial charge in [0.1, 0.15) is 0 Å². The molecule has 0 radical (unpaired) electrons. The second kappa shape index (κ2) is 5.39. The van der Waals surface area contributed by atoms with Gasteiger partial charge in [0.2, 0.25) is 0 Å². The van der Waals surface area contributed by atoms with E-state index in [1.165, 1.54) is 24.0 Å². The molecule has 3 rings (SSSR count). The highest BCUT2D eigenvalue weighted by Crippen LogP contribution is 2.39. The van der Waals surface area contributed by atoms with Crippen LogP contribution in [0.3, 0.4) is 0 Å². The highest BCUT2D eigenvalue weighted by molar-refractivity contribution is 5.27. The van der Waals surface area contributed by atoms with Crippen LogP contribution in [-0.2, 0) is 6.54 Å². The lowest BCUT2D eigenvalue weighted by atomic mass is 10.1. The van der Waals surface area contributed by atoms with Gasteiger partial charge >= 0.3 is 0 Å². The van der Waals surface area contributed by atoms with Crippen LogP contribution in [-0.4, -0.2) is 43.1 Å². The van der Waals surface area contributed by atoms with E-state index in [0.717, 1.165) is 38.6 Å². The van der Waals surface area contributed by atoms with E-state index in [1.54, 1.807) is 0 Å². The summed E-state index contributed by atoms with van der Waals surface area (Å²) in [7, 11) is 2.19. The SMILES string of the molecule is CN1CCN(NCc2ccc(C3CC3)cc2)CC1. The topological polar surface area (TPSA) is 18.5 Å². The Morgan fingerprint density at radius 2 is 1.72 bits per heavy atom. The number of likely N-dealkylation sites (N-methyl/N-ethyl adjacent to an activating group) is 1. The summed E-state index contributed by atoms with van der Waals surface area (Å²) >= 11 is 0. The summed E-state index contributed by atoms with van der Waals surface area (Å²) in [5.74, 6) is 0.865. The van der Waals surface area contributed by atoms with Crippen molar-refractivity contribution >= 4 is 0 Å². The Hall–Kier alpha value is -0.900. The summed E-state index contributed by atoms with van der Waals surface area (Å²) in [5, 5.41) is 2.34. The van der Waals surface area contributed by atoms with Crippen molar-refractivity contribution in [1.82, 2.24) is 15.3 Å². The van der Waals surface area contributed by atoms with Crippen LogP contribution in [0.25, 0.3) is 0 Å². The summed E-state index contributed by atoms with van der Waals surface area (Å²) in [6.45, 7) is 5.52. The van der Waals surface area contributed by atoms with Crippen LogP contribution in [0.1, 0.15) is 29.9 Å². The van der Waals surface area contributed by atoms with Crippen molar-refractivity contribution in [3.63, 3.8) is 0 Å². The monoisotopic (exact) mass is 245 g/mol. The zero-order valence-electron chi connectivity index (χ0n) is 11.2. The minimum Gasteiger partial charge on any atom is -0.304 e. The molecule has 0 atom stereocenters. The number of hydrogen-bond acceptors (Lipinski definition) is 3. The van der Waals surface area contributed by atoms with Crippen LogP contribution in [0.5, 0.6) is 0 Å². The van der Waals surface area contributed by atoms with E-state index in [2.05, 4.69) is 46.6 Å². The molecule has 1 aromatic carbocycles. The van der Waals surface area contributed by atoms with E-state index >= 15 is 0 Å². The molecule has 1 N–H and O–H groups in total. The number of rotatable bonds is 4. The molecule has 1 heterocycles. The van der Waals surface area contributed by atoms with Gasteiger partial charge in [0, 0.05) is 32.7 Å². The zero-order chi connectivity index (χ0) is 12.4. The summed E-state index contributed by atoms with van der Waals surface area (Å²) in [5.41, 5.74) is 6.44. The standard InChI is InChI=1S/C15H23N3/c1-17-8-10-18(11-9-17)16-12-13-2-4-14(5-3-13)15-6-7-15/h2-5,15-16H,6-12H2,1H3. The fourth-order valence-electron chi connectivity index (χ4n) is 2.49. The second-order valence-electron chi connectivity index (χ2n) is 5.64. The Morgan fingerprint density at radius 1 is 1.06 bits per heavy atom. The lowest BCUT2D eigenvalue weighted by Crippen LogP contribution is -2.50. The number of nitrogens with one attached hydrogen (secondary N) is 1. The molecule has 3 heteroatoms. The molecule has 1 aliphatic carbocycles. The molecule has 3 nitrogen and oxygen atoms in total. The van der Waals surface area contributed by atoms with Gasteiger partial charge < -0.3 is 4.90 Å². The van der Waals surface area contributed by atoms with Crippen LogP contribution in [0.4, 0.5) is 0 Å². The van der Waals surface area contributed by atoms with Gasteiger partial charge in [0.15, 0.2) is 0 Å². The minimum atomic E-state index is 0.865. The molecule has 1 aromatic rings. The molecule has 1 saturated heterocycles. The van der Waals surface area contributed by atoms with Crippen LogP contribution in [0, 0.1) is 0 Å². The molecule has 0 spiro atoms. The van der Waals surface area contributed by atoms with Gasteiger partial charge in [-0.15, -0.1) is 0 Å². The normalized spacial score (nSPS) is 22.3. The molecular weight excluding hydrogens is 222 g/mol. The Morgan fingerprint density at radius 3 is 2.33 bits per heavy atom. The highest BCUT2D eigenvalue weighted by Gasteiger charge is 2.22. The van der Waals surface area contributed by atoms with Crippen molar-refractivity contribution in [3.05, 3.63) is 35.4 Å². The van der Waals surface area contributed by atoms with Crippen molar-refractivity contribution < 1.29 is 0 Å². The Balaban J connectivity index is 1.47. The lowest BCUT2D eigenvalue weighted by Gasteiger charge is -2.32. The number of hydrogen-bond donors (Lipinski definition) is 1. The first-order valence-corrected chi connectivity index (χ1v) is 7.07. The van der Waals surface area contributed by atoms with E-state index in [9.17, 15) is 0 Å². The third kappa shape index (κ3) is 3.10. The van der Waals surface area contributed by atoms with Gasteiger partial charge in [0.05, 0.1) is 0 Å². The summed E-state index contributed by atoms with van der Waals surface area (Å²) in [6.07, 6.45) is 2.78. The highest BCUT2D eigenvalue weighted by atomic mass is 15.5. The zero-order valence-corrected chi connectivity index (χ0v) is 11.2. The summed E-state index contributed by atoms with van der Waals surface area (Å²) < 4.78 is 0. The molecule has 98 valence electrons. The molecule has 2 fully saturated rings. The minimum absolute atomic E-state index is 0.865. The van der Waals surface area contributed by atoms with Crippen molar-refractivity contribution in [3.8, 4) is 0 Å². The third-order valence-electron chi connectivity index (χ3n) is 4.04. The van der Waals surface area contributed by atoms with Crippen LogP contribution < -0.4 is 5.43 Å².